The lowest BCUT2D eigenvalue weighted by molar-refractivity contribution is 0.627. The first-order valence-corrected chi connectivity index (χ1v) is 10.6. The molecule has 1 N–H and O–H groups in total. The molecule has 2 nitrogen and oxygen atoms in total. The number of halogens is 1. The fourth-order valence-corrected chi connectivity index (χ4v) is 4.45. The molecule has 5 rings (SSSR count). The molecule has 1 aliphatic rings. The number of hydrogen-bond donors (Lipinski definition) is 1. The van der Waals surface area contributed by atoms with Crippen LogP contribution in [0.1, 0.15) is 48.3 Å². The van der Waals surface area contributed by atoms with Gasteiger partial charge in [-0.05, 0) is 72.6 Å². The molecule has 0 bridgehead atoms. The lowest BCUT2D eigenvalue weighted by Gasteiger charge is -2.08. The second kappa shape index (κ2) is 7.82. The Morgan fingerprint density at radius 3 is 2.17 bits per heavy atom. The zero-order valence-electron chi connectivity index (χ0n) is 16.5. The average Bonchev–Trinajstić information content (AvgIpc) is 3.43. The van der Waals surface area contributed by atoms with Gasteiger partial charge in [-0.25, -0.2) is 9.37 Å². The van der Waals surface area contributed by atoms with Gasteiger partial charge in [0.1, 0.15) is 11.6 Å². The number of aromatic nitrogens is 2. The molecular formula is C26H25FN2. The number of nitrogens with one attached hydrogen (secondary N) is 1. The fraction of sp³-hybridized carbons (Fsp3) is 0.269. The molecule has 1 fully saturated rings. The largest absolute Gasteiger partial charge is 0.338 e. The summed E-state index contributed by atoms with van der Waals surface area (Å²) < 4.78 is 13.0. The Bertz CT molecular complexity index is 1100. The van der Waals surface area contributed by atoms with E-state index in [4.69, 9.17) is 4.98 Å². The van der Waals surface area contributed by atoms with Gasteiger partial charge in [0.25, 0.3) is 0 Å². The van der Waals surface area contributed by atoms with Crippen molar-refractivity contribution in [3.63, 3.8) is 0 Å². The van der Waals surface area contributed by atoms with E-state index in [2.05, 4.69) is 47.4 Å². The van der Waals surface area contributed by atoms with Crippen LogP contribution in [0.2, 0.25) is 0 Å². The highest BCUT2D eigenvalue weighted by molar-refractivity contribution is 5.80. The molecule has 0 aliphatic heterocycles. The van der Waals surface area contributed by atoms with Crippen molar-refractivity contribution < 1.29 is 4.39 Å². The molecule has 3 heteroatoms. The Balaban J connectivity index is 1.31. The van der Waals surface area contributed by atoms with Crippen molar-refractivity contribution in [3.05, 3.63) is 89.2 Å². The summed E-state index contributed by atoms with van der Waals surface area (Å²) in [7, 11) is 0. The van der Waals surface area contributed by atoms with E-state index in [1.807, 2.05) is 12.1 Å². The van der Waals surface area contributed by atoms with Gasteiger partial charge >= 0.3 is 0 Å². The molecule has 4 aromatic rings. The third kappa shape index (κ3) is 3.95. The minimum atomic E-state index is -0.181. The van der Waals surface area contributed by atoms with E-state index in [9.17, 15) is 4.39 Å². The first kappa shape index (κ1) is 18.1. The first-order chi connectivity index (χ1) is 14.2. The number of fused-ring (bicyclic) bond motifs is 1. The maximum absolute atomic E-state index is 13.0. The number of hydrogen-bond acceptors (Lipinski definition) is 1. The first-order valence-electron chi connectivity index (χ1n) is 10.6. The zero-order chi connectivity index (χ0) is 19.6. The fourth-order valence-electron chi connectivity index (χ4n) is 4.45. The van der Waals surface area contributed by atoms with Gasteiger partial charge in [-0.2, -0.15) is 0 Å². The number of rotatable bonds is 5. The number of aryl methyl sites for hydroxylation is 2. The molecule has 1 aliphatic carbocycles. The maximum Gasteiger partial charge on any atom is 0.138 e. The van der Waals surface area contributed by atoms with E-state index < -0.39 is 0 Å². The van der Waals surface area contributed by atoms with Crippen LogP contribution in [0.25, 0.3) is 22.4 Å². The number of imidazole rings is 1. The van der Waals surface area contributed by atoms with Gasteiger partial charge < -0.3 is 4.98 Å². The number of H-pyrrole nitrogens is 1. The lowest BCUT2D eigenvalue weighted by Crippen LogP contribution is -1.92. The summed E-state index contributed by atoms with van der Waals surface area (Å²) >= 11 is 0. The summed E-state index contributed by atoms with van der Waals surface area (Å²) in [5, 5.41) is 0. The van der Waals surface area contributed by atoms with Crippen LogP contribution in [0.3, 0.4) is 0 Å². The molecule has 0 atom stereocenters. The lowest BCUT2D eigenvalue weighted by atomic mass is 9.97. The molecule has 0 radical (unpaired) electrons. The van der Waals surface area contributed by atoms with Crippen molar-refractivity contribution in [1.82, 2.24) is 9.97 Å². The Morgan fingerprint density at radius 2 is 1.48 bits per heavy atom. The van der Waals surface area contributed by atoms with Crippen molar-refractivity contribution >= 4 is 11.0 Å². The van der Waals surface area contributed by atoms with E-state index in [0.29, 0.717) is 5.92 Å². The van der Waals surface area contributed by atoms with Gasteiger partial charge in [-0.1, -0.05) is 55.3 Å². The third-order valence-corrected chi connectivity index (χ3v) is 6.18. The Morgan fingerprint density at radius 1 is 0.828 bits per heavy atom. The Hall–Kier alpha value is -2.94. The van der Waals surface area contributed by atoms with Gasteiger partial charge in [-0.3, -0.25) is 0 Å². The average molecular weight is 384 g/mol. The summed E-state index contributed by atoms with van der Waals surface area (Å²) in [6.45, 7) is 0. The van der Waals surface area contributed by atoms with Crippen LogP contribution in [-0.2, 0) is 12.8 Å². The predicted molar refractivity (Wildman–Crippen MR) is 117 cm³/mol. The van der Waals surface area contributed by atoms with Crippen LogP contribution in [0.4, 0.5) is 4.39 Å². The Kier molecular flexibility index (Phi) is 4.89. The van der Waals surface area contributed by atoms with Gasteiger partial charge in [0, 0.05) is 5.56 Å². The minimum absolute atomic E-state index is 0.181. The molecule has 0 saturated heterocycles. The Labute approximate surface area is 170 Å². The summed E-state index contributed by atoms with van der Waals surface area (Å²) in [5.41, 5.74) is 7.14. The molecule has 1 heterocycles. The van der Waals surface area contributed by atoms with Crippen LogP contribution in [0.5, 0.6) is 0 Å². The van der Waals surface area contributed by atoms with E-state index in [0.717, 1.165) is 40.8 Å². The van der Waals surface area contributed by atoms with Crippen LogP contribution < -0.4 is 0 Å². The zero-order valence-corrected chi connectivity index (χ0v) is 16.5. The molecule has 146 valence electrons. The van der Waals surface area contributed by atoms with E-state index in [-0.39, 0.29) is 5.82 Å². The van der Waals surface area contributed by atoms with E-state index in [1.54, 1.807) is 0 Å². The maximum atomic E-state index is 13.0. The standard InChI is InChI=1S/C26H25FN2/c27-23-14-9-19(10-15-23)6-5-18-7-11-21(12-8-18)26-28-24-16-13-22(17-25(24)29-26)20-3-1-2-4-20/h7-17,20H,1-6H2,(H,28,29). The highest BCUT2D eigenvalue weighted by Crippen LogP contribution is 2.35. The van der Waals surface area contributed by atoms with Crippen molar-refractivity contribution in [2.75, 3.05) is 0 Å². The number of nitrogens with zero attached hydrogens (tertiary/aromatic N) is 1. The molecule has 0 unspecified atom stereocenters. The normalized spacial score (nSPS) is 14.7. The molecule has 29 heavy (non-hydrogen) atoms. The highest BCUT2D eigenvalue weighted by atomic mass is 19.1. The van der Waals surface area contributed by atoms with Crippen LogP contribution >= 0.6 is 0 Å². The van der Waals surface area contributed by atoms with Gasteiger partial charge in [0.15, 0.2) is 0 Å². The summed E-state index contributed by atoms with van der Waals surface area (Å²) in [5.74, 6) is 1.46. The minimum Gasteiger partial charge on any atom is -0.338 e. The quantitative estimate of drug-likeness (QED) is 0.402. The molecule has 1 saturated carbocycles. The van der Waals surface area contributed by atoms with Crippen LogP contribution in [-0.4, -0.2) is 9.97 Å². The van der Waals surface area contributed by atoms with Gasteiger partial charge in [0.2, 0.25) is 0 Å². The molecule has 1 aromatic heterocycles. The number of aromatic amines is 1. The van der Waals surface area contributed by atoms with E-state index in [1.165, 1.54) is 48.9 Å². The SMILES string of the molecule is Fc1ccc(CCc2ccc(-c3nc4ccc(C5CCCC5)cc4[nH]3)cc2)cc1. The topological polar surface area (TPSA) is 28.7 Å². The highest BCUT2D eigenvalue weighted by Gasteiger charge is 2.17. The molecule has 3 aromatic carbocycles. The van der Waals surface area contributed by atoms with Crippen LogP contribution in [0.15, 0.2) is 66.7 Å². The summed E-state index contributed by atoms with van der Waals surface area (Å²) in [6.07, 6.45) is 7.18. The predicted octanol–water partition coefficient (Wildman–Crippen LogP) is 6.81. The molecule has 0 amide bonds. The molecule has 0 spiro atoms. The second-order valence-electron chi connectivity index (χ2n) is 8.17. The van der Waals surface area contributed by atoms with Gasteiger partial charge in [-0.15, -0.1) is 0 Å². The van der Waals surface area contributed by atoms with Crippen molar-refractivity contribution in [2.24, 2.45) is 0 Å². The number of benzene rings is 3. The van der Waals surface area contributed by atoms with Crippen molar-refractivity contribution in [1.29, 1.82) is 0 Å². The van der Waals surface area contributed by atoms with Crippen LogP contribution in [0, 0.1) is 5.82 Å². The van der Waals surface area contributed by atoms with E-state index >= 15 is 0 Å². The van der Waals surface area contributed by atoms with Crippen molar-refractivity contribution in [2.45, 2.75) is 44.4 Å². The second-order valence-corrected chi connectivity index (χ2v) is 8.17. The summed E-state index contributed by atoms with van der Waals surface area (Å²) in [6, 6.07) is 22.1. The summed E-state index contributed by atoms with van der Waals surface area (Å²) in [4.78, 5) is 8.30. The van der Waals surface area contributed by atoms with Gasteiger partial charge in [0.05, 0.1) is 11.0 Å². The molecular weight excluding hydrogens is 359 g/mol. The smallest absolute Gasteiger partial charge is 0.138 e. The third-order valence-electron chi connectivity index (χ3n) is 6.18. The van der Waals surface area contributed by atoms with Crippen molar-refractivity contribution in [3.8, 4) is 11.4 Å². The monoisotopic (exact) mass is 384 g/mol.